The van der Waals surface area contributed by atoms with E-state index in [1.165, 1.54) is 44.1 Å². The second-order valence-corrected chi connectivity index (χ2v) is 5.13. The van der Waals surface area contributed by atoms with Crippen molar-refractivity contribution in [2.24, 2.45) is 5.73 Å². The van der Waals surface area contributed by atoms with E-state index in [0.29, 0.717) is 19.3 Å². The van der Waals surface area contributed by atoms with E-state index in [4.69, 9.17) is 10.5 Å². The maximum atomic E-state index is 6.04. The summed E-state index contributed by atoms with van der Waals surface area (Å²) in [4.78, 5) is 0. The van der Waals surface area contributed by atoms with E-state index in [9.17, 15) is 0 Å². The van der Waals surface area contributed by atoms with Crippen molar-refractivity contribution in [3.8, 4) is 11.8 Å². The van der Waals surface area contributed by atoms with E-state index in [1.807, 2.05) is 12.1 Å². The molecule has 0 atom stereocenters. The lowest BCUT2D eigenvalue weighted by atomic mass is 10.1. The van der Waals surface area contributed by atoms with Crippen molar-refractivity contribution in [3.05, 3.63) is 35.4 Å². The second-order valence-electron chi connectivity index (χ2n) is 5.13. The van der Waals surface area contributed by atoms with Gasteiger partial charge in [0.2, 0.25) is 0 Å². The van der Waals surface area contributed by atoms with Crippen LogP contribution in [0.25, 0.3) is 0 Å². The van der Waals surface area contributed by atoms with E-state index in [1.54, 1.807) is 0 Å². The second kappa shape index (κ2) is 7.99. The van der Waals surface area contributed by atoms with Crippen LogP contribution in [0.5, 0.6) is 0 Å². The van der Waals surface area contributed by atoms with Crippen molar-refractivity contribution in [2.75, 3.05) is 6.54 Å². The zero-order valence-electron chi connectivity index (χ0n) is 11.5. The molecule has 1 aromatic rings. The molecule has 0 spiro atoms. The van der Waals surface area contributed by atoms with E-state index in [-0.39, 0.29) is 0 Å². The summed E-state index contributed by atoms with van der Waals surface area (Å²) in [6, 6.07) is 8.24. The summed E-state index contributed by atoms with van der Waals surface area (Å²) < 4.78 is 6.04. The summed E-state index contributed by atoms with van der Waals surface area (Å²) >= 11 is 0. The van der Waals surface area contributed by atoms with Crippen molar-refractivity contribution in [1.29, 1.82) is 0 Å². The average Bonchev–Trinajstić information content (AvgIpc) is 2.72. The Bertz CT molecular complexity index is 436. The first kappa shape index (κ1) is 14.1. The van der Waals surface area contributed by atoms with Gasteiger partial charge in [0.1, 0.15) is 0 Å². The largest absolute Gasteiger partial charge is 0.374 e. The zero-order chi connectivity index (χ0) is 13.3. The van der Waals surface area contributed by atoms with Crippen LogP contribution < -0.4 is 5.73 Å². The molecule has 0 aliphatic heterocycles. The standard InChI is InChI=1S/C17H23NO/c18-12-6-9-15-7-5-8-16(13-15)14-19-17-10-3-1-2-4-11-17/h5,7-8,13,17H,1-4,10-12,14,18H2. The minimum absolute atomic E-state index is 0.406. The quantitative estimate of drug-likeness (QED) is 0.666. The normalized spacial score (nSPS) is 16.5. The highest BCUT2D eigenvalue weighted by molar-refractivity contribution is 5.37. The summed E-state index contributed by atoms with van der Waals surface area (Å²) in [5.41, 5.74) is 7.61. The number of hydrogen-bond donors (Lipinski definition) is 1. The van der Waals surface area contributed by atoms with E-state index in [2.05, 4.69) is 24.0 Å². The molecule has 2 N–H and O–H groups in total. The topological polar surface area (TPSA) is 35.2 Å². The van der Waals surface area contributed by atoms with Gasteiger partial charge in [0.15, 0.2) is 0 Å². The van der Waals surface area contributed by atoms with Crippen molar-refractivity contribution in [2.45, 2.75) is 51.2 Å². The Morgan fingerprint density at radius 3 is 2.68 bits per heavy atom. The molecule has 0 saturated heterocycles. The Kier molecular flexibility index (Phi) is 5.94. The molecule has 0 bridgehead atoms. The summed E-state index contributed by atoms with van der Waals surface area (Å²) in [5.74, 6) is 5.94. The predicted octanol–water partition coefficient (Wildman–Crippen LogP) is 3.24. The van der Waals surface area contributed by atoms with E-state index in [0.717, 1.165) is 5.56 Å². The molecule has 2 rings (SSSR count). The van der Waals surface area contributed by atoms with Crippen LogP contribution in [0.2, 0.25) is 0 Å². The van der Waals surface area contributed by atoms with Crippen LogP contribution in [0, 0.1) is 11.8 Å². The highest BCUT2D eigenvalue weighted by atomic mass is 16.5. The molecule has 2 heteroatoms. The Morgan fingerprint density at radius 1 is 1.16 bits per heavy atom. The first-order valence-electron chi connectivity index (χ1n) is 7.28. The van der Waals surface area contributed by atoms with E-state index >= 15 is 0 Å². The van der Waals surface area contributed by atoms with Gasteiger partial charge in [-0.2, -0.15) is 0 Å². The Labute approximate surface area is 116 Å². The van der Waals surface area contributed by atoms with Crippen molar-refractivity contribution < 1.29 is 4.74 Å². The van der Waals surface area contributed by atoms with Gasteiger partial charge in [0.25, 0.3) is 0 Å². The summed E-state index contributed by atoms with van der Waals surface area (Å²) in [5, 5.41) is 0. The monoisotopic (exact) mass is 257 g/mol. The van der Waals surface area contributed by atoms with Gasteiger partial charge in [-0.25, -0.2) is 0 Å². The molecule has 0 aromatic heterocycles. The number of nitrogens with two attached hydrogens (primary N) is 1. The maximum Gasteiger partial charge on any atom is 0.0721 e. The summed E-state index contributed by atoms with van der Waals surface area (Å²) in [6.07, 6.45) is 8.23. The molecule has 1 aromatic carbocycles. The number of hydrogen-bond acceptors (Lipinski definition) is 2. The summed E-state index contributed by atoms with van der Waals surface area (Å²) in [7, 11) is 0. The Balaban J connectivity index is 1.87. The Morgan fingerprint density at radius 2 is 1.95 bits per heavy atom. The third kappa shape index (κ3) is 5.06. The van der Waals surface area contributed by atoms with Gasteiger partial charge in [-0.3, -0.25) is 0 Å². The Hall–Kier alpha value is -1.30. The molecule has 19 heavy (non-hydrogen) atoms. The lowest BCUT2D eigenvalue weighted by Crippen LogP contribution is -2.11. The highest BCUT2D eigenvalue weighted by Crippen LogP contribution is 2.21. The molecule has 1 saturated carbocycles. The van der Waals surface area contributed by atoms with Crippen LogP contribution in [0.1, 0.15) is 49.7 Å². The summed E-state index contributed by atoms with van der Waals surface area (Å²) in [6.45, 7) is 1.10. The van der Waals surface area contributed by atoms with Gasteiger partial charge >= 0.3 is 0 Å². The minimum Gasteiger partial charge on any atom is -0.374 e. The van der Waals surface area contributed by atoms with Gasteiger partial charge in [-0.05, 0) is 30.5 Å². The minimum atomic E-state index is 0.406. The lowest BCUT2D eigenvalue weighted by Gasteiger charge is -2.15. The van der Waals surface area contributed by atoms with Crippen LogP contribution in [-0.2, 0) is 11.3 Å². The van der Waals surface area contributed by atoms with Crippen LogP contribution in [0.15, 0.2) is 24.3 Å². The van der Waals surface area contributed by atoms with Gasteiger partial charge in [-0.15, -0.1) is 0 Å². The van der Waals surface area contributed by atoms with E-state index < -0.39 is 0 Å². The van der Waals surface area contributed by atoms with Gasteiger partial charge in [0.05, 0.1) is 19.3 Å². The van der Waals surface area contributed by atoms with Gasteiger partial charge < -0.3 is 10.5 Å². The first-order valence-corrected chi connectivity index (χ1v) is 7.28. The fraction of sp³-hybridized carbons (Fsp3) is 0.529. The molecule has 1 aliphatic rings. The van der Waals surface area contributed by atoms with Gasteiger partial charge in [-0.1, -0.05) is 49.7 Å². The molecule has 102 valence electrons. The maximum absolute atomic E-state index is 6.04. The number of benzene rings is 1. The van der Waals surface area contributed by atoms with Gasteiger partial charge in [0, 0.05) is 5.56 Å². The molecule has 1 aliphatic carbocycles. The van der Waals surface area contributed by atoms with Crippen molar-refractivity contribution >= 4 is 0 Å². The van der Waals surface area contributed by atoms with Crippen LogP contribution in [0.3, 0.4) is 0 Å². The molecule has 0 unspecified atom stereocenters. The van der Waals surface area contributed by atoms with Crippen LogP contribution in [0.4, 0.5) is 0 Å². The third-order valence-electron chi connectivity index (χ3n) is 3.55. The lowest BCUT2D eigenvalue weighted by molar-refractivity contribution is 0.0310. The zero-order valence-corrected chi connectivity index (χ0v) is 11.5. The molecule has 0 radical (unpaired) electrons. The number of ether oxygens (including phenoxy) is 1. The molecule has 1 fully saturated rings. The van der Waals surface area contributed by atoms with Crippen molar-refractivity contribution in [1.82, 2.24) is 0 Å². The SMILES string of the molecule is NCC#Cc1cccc(COC2CCCCCC2)c1. The molecule has 2 nitrogen and oxygen atoms in total. The van der Waals surface area contributed by atoms with Crippen LogP contribution >= 0.6 is 0 Å². The molecular weight excluding hydrogens is 234 g/mol. The molecule has 0 heterocycles. The predicted molar refractivity (Wildman–Crippen MR) is 78.7 cm³/mol. The smallest absolute Gasteiger partial charge is 0.0721 e. The third-order valence-corrected chi connectivity index (χ3v) is 3.55. The van der Waals surface area contributed by atoms with Crippen LogP contribution in [-0.4, -0.2) is 12.6 Å². The fourth-order valence-corrected chi connectivity index (χ4v) is 2.51. The molecular formula is C17H23NO. The van der Waals surface area contributed by atoms with Crippen molar-refractivity contribution in [3.63, 3.8) is 0 Å². The molecule has 0 amide bonds. The highest BCUT2D eigenvalue weighted by Gasteiger charge is 2.12. The fourth-order valence-electron chi connectivity index (χ4n) is 2.51. The number of rotatable bonds is 3. The first-order chi connectivity index (χ1) is 9.38. The average molecular weight is 257 g/mol.